The Balaban J connectivity index is 2.67. The minimum absolute atomic E-state index is 0.0387. The molecule has 1 unspecified atom stereocenters. The van der Waals surface area contributed by atoms with E-state index in [1.807, 2.05) is 13.8 Å². The van der Waals surface area contributed by atoms with Gasteiger partial charge < -0.3 is 11.1 Å². The predicted octanol–water partition coefficient (Wildman–Crippen LogP) is 1.75. The van der Waals surface area contributed by atoms with Crippen LogP contribution in [0.4, 0.5) is 0 Å². The third kappa shape index (κ3) is 2.68. The van der Waals surface area contributed by atoms with Gasteiger partial charge in [-0.15, -0.1) is 0 Å². The molecule has 0 aromatic rings. The fourth-order valence-electron chi connectivity index (χ4n) is 1.96. The van der Waals surface area contributed by atoms with Crippen molar-refractivity contribution in [2.24, 2.45) is 11.7 Å². The van der Waals surface area contributed by atoms with E-state index >= 15 is 0 Å². The lowest BCUT2D eigenvalue weighted by atomic mass is 9.96. The zero-order valence-corrected chi connectivity index (χ0v) is 10.3. The highest BCUT2D eigenvalue weighted by atomic mass is 32.1. The van der Waals surface area contributed by atoms with E-state index in [4.69, 9.17) is 18.0 Å². The first-order chi connectivity index (χ1) is 7.02. The number of thiocarbonyl (C=S) groups is 1. The fraction of sp³-hybridized carbons (Fsp3) is 0.818. The molecule has 0 aromatic heterocycles. The monoisotopic (exact) mass is 228 g/mol. The maximum Gasteiger partial charge on any atom is 0.223 e. The Morgan fingerprint density at radius 3 is 2.47 bits per heavy atom. The minimum Gasteiger partial charge on any atom is -0.391 e. The van der Waals surface area contributed by atoms with Crippen LogP contribution in [-0.4, -0.2) is 16.4 Å². The van der Waals surface area contributed by atoms with Crippen molar-refractivity contribution >= 4 is 23.1 Å². The summed E-state index contributed by atoms with van der Waals surface area (Å²) in [6, 6.07) is 0. The van der Waals surface area contributed by atoms with Crippen LogP contribution in [0.1, 0.15) is 46.0 Å². The van der Waals surface area contributed by atoms with Gasteiger partial charge in [-0.25, -0.2) is 0 Å². The molecule has 0 aromatic carbocycles. The van der Waals surface area contributed by atoms with Gasteiger partial charge >= 0.3 is 0 Å². The van der Waals surface area contributed by atoms with E-state index in [1.165, 1.54) is 0 Å². The molecule has 0 saturated heterocycles. The SMILES string of the molecule is CCC(C)C(=O)NC1(C(N)=S)CCCC1. The van der Waals surface area contributed by atoms with E-state index in [-0.39, 0.29) is 11.8 Å². The standard InChI is InChI=1S/C11H20N2OS/c1-3-8(2)9(14)13-11(10(12)15)6-4-5-7-11/h8H,3-7H2,1-2H3,(H2,12,15)(H,13,14). The molecule has 1 saturated carbocycles. The van der Waals surface area contributed by atoms with Gasteiger partial charge in [0.2, 0.25) is 5.91 Å². The molecular formula is C11H20N2OS. The van der Waals surface area contributed by atoms with Gasteiger partial charge in [0, 0.05) is 5.92 Å². The molecule has 3 N–H and O–H groups in total. The molecule has 0 bridgehead atoms. The molecule has 1 rings (SSSR count). The number of rotatable bonds is 4. The van der Waals surface area contributed by atoms with Crippen molar-refractivity contribution in [3.8, 4) is 0 Å². The second-order valence-electron chi connectivity index (χ2n) is 4.45. The highest BCUT2D eigenvalue weighted by Gasteiger charge is 2.38. The van der Waals surface area contributed by atoms with E-state index in [0.29, 0.717) is 4.99 Å². The minimum atomic E-state index is -0.393. The molecule has 3 nitrogen and oxygen atoms in total. The van der Waals surface area contributed by atoms with Crippen molar-refractivity contribution in [2.75, 3.05) is 0 Å². The molecule has 1 atom stereocenters. The van der Waals surface area contributed by atoms with Gasteiger partial charge in [0.1, 0.15) is 0 Å². The number of nitrogens with two attached hydrogens (primary N) is 1. The van der Waals surface area contributed by atoms with Crippen molar-refractivity contribution in [1.82, 2.24) is 5.32 Å². The van der Waals surface area contributed by atoms with Crippen LogP contribution in [0.3, 0.4) is 0 Å². The lowest BCUT2D eigenvalue weighted by Gasteiger charge is -2.30. The molecule has 86 valence electrons. The van der Waals surface area contributed by atoms with Gasteiger partial charge in [-0.3, -0.25) is 4.79 Å². The van der Waals surface area contributed by atoms with Gasteiger partial charge in [-0.1, -0.05) is 38.9 Å². The van der Waals surface area contributed by atoms with E-state index in [2.05, 4.69) is 5.32 Å². The number of carbonyl (C=O) groups excluding carboxylic acids is 1. The Bertz CT molecular complexity index is 259. The Morgan fingerprint density at radius 1 is 1.53 bits per heavy atom. The molecule has 1 aliphatic rings. The number of nitrogens with one attached hydrogen (secondary N) is 1. The second kappa shape index (κ2) is 4.92. The first-order valence-corrected chi connectivity index (χ1v) is 6.04. The molecule has 15 heavy (non-hydrogen) atoms. The molecule has 0 heterocycles. The summed E-state index contributed by atoms with van der Waals surface area (Å²) in [7, 11) is 0. The van der Waals surface area contributed by atoms with Gasteiger partial charge in [0.15, 0.2) is 0 Å². The van der Waals surface area contributed by atoms with Crippen molar-refractivity contribution in [2.45, 2.75) is 51.5 Å². The van der Waals surface area contributed by atoms with E-state index in [0.717, 1.165) is 32.1 Å². The third-order valence-electron chi connectivity index (χ3n) is 3.35. The van der Waals surface area contributed by atoms with Gasteiger partial charge in [0.05, 0.1) is 10.5 Å². The van der Waals surface area contributed by atoms with Crippen LogP contribution in [0.25, 0.3) is 0 Å². The lowest BCUT2D eigenvalue weighted by Crippen LogP contribution is -2.55. The maximum absolute atomic E-state index is 11.8. The molecule has 4 heteroatoms. The van der Waals surface area contributed by atoms with Crippen molar-refractivity contribution < 1.29 is 4.79 Å². The normalized spacial score (nSPS) is 20.9. The topological polar surface area (TPSA) is 55.1 Å². The third-order valence-corrected chi connectivity index (χ3v) is 3.74. The van der Waals surface area contributed by atoms with Crippen LogP contribution < -0.4 is 11.1 Å². The van der Waals surface area contributed by atoms with Gasteiger partial charge in [-0.05, 0) is 19.3 Å². The lowest BCUT2D eigenvalue weighted by molar-refractivity contribution is -0.125. The molecule has 0 aliphatic heterocycles. The zero-order chi connectivity index (χ0) is 11.5. The highest BCUT2D eigenvalue weighted by molar-refractivity contribution is 7.80. The fourth-order valence-corrected chi connectivity index (χ4v) is 2.21. The summed E-state index contributed by atoms with van der Waals surface area (Å²) in [6.07, 6.45) is 4.82. The molecule has 1 amide bonds. The summed E-state index contributed by atoms with van der Waals surface area (Å²) in [6.45, 7) is 3.93. The van der Waals surface area contributed by atoms with Gasteiger partial charge in [0.25, 0.3) is 0 Å². The summed E-state index contributed by atoms with van der Waals surface area (Å²) in [5, 5.41) is 3.04. The molecule has 0 spiro atoms. The molecule has 1 aliphatic carbocycles. The number of amides is 1. The Hall–Kier alpha value is -0.640. The second-order valence-corrected chi connectivity index (χ2v) is 4.89. The van der Waals surface area contributed by atoms with Crippen LogP contribution in [0.5, 0.6) is 0 Å². The zero-order valence-electron chi connectivity index (χ0n) is 9.51. The Labute approximate surface area is 96.8 Å². The first-order valence-electron chi connectivity index (χ1n) is 5.64. The summed E-state index contributed by atoms with van der Waals surface area (Å²) >= 11 is 5.07. The Morgan fingerprint density at radius 2 is 2.07 bits per heavy atom. The Kier molecular flexibility index (Phi) is 4.08. The largest absolute Gasteiger partial charge is 0.391 e. The molecule has 1 fully saturated rings. The predicted molar refractivity (Wildman–Crippen MR) is 65.6 cm³/mol. The summed E-state index contributed by atoms with van der Waals surface area (Å²) in [5.41, 5.74) is 5.35. The smallest absolute Gasteiger partial charge is 0.223 e. The van der Waals surface area contributed by atoms with Crippen LogP contribution in [0.15, 0.2) is 0 Å². The van der Waals surface area contributed by atoms with Crippen LogP contribution in [0.2, 0.25) is 0 Å². The molecule has 0 radical (unpaired) electrons. The summed E-state index contributed by atoms with van der Waals surface area (Å²) < 4.78 is 0. The van der Waals surface area contributed by atoms with E-state index in [1.54, 1.807) is 0 Å². The van der Waals surface area contributed by atoms with Gasteiger partial charge in [-0.2, -0.15) is 0 Å². The summed E-state index contributed by atoms with van der Waals surface area (Å²) in [5.74, 6) is 0.115. The quantitative estimate of drug-likeness (QED) is 0.721. The summed E-state index contributed by atoms with van der Waals surface area (Å²) in [4.78, 5) is 12.3. The average Bonchev–Trinajstić information content (AvgIpc) is 2.66. The number of carbonyl (C=O) groups is 1. The van der Waals surface area contributed by atoms with Crippen LogP contribution in [0, 0.1) is 5.92 Å². The van der Waals surface area contributed by atoms with E-state index in [9.17, 15) is 4.79 Å². The van der Waals surface area contributed by atoms with Crippen LogP contribution >= 0.6 is 12.2 Å². The van der Waals surface area contributed by atoms with Crippen molar-refractivity contribution in [1.29, 1.82) is 0 Å². The van der Waals surface area contributed by atoms with Crippen LogP contribution in [-0.2, 0) is 4.79 Å². The maximum atomic E-state index is 11.8. The number of hydrogen-bond acceptors (Lipinski definition) is 2. The van der Waals surface area contributed by atoms with Crippen molar-refractivity contribution in [3.05, 3.63) is 0 Å². The van der Waals surface area contributed by atoms with Crippen molar-refractivity contribution in [3.63, 3.8) is 0 Å². The number of hydrogen-bond donors (Lipinski definition) is 2. The molecular weight excluding hydrogens is 208 g/mol. The van der Waals surface area contributed by atoms with E-state index < -0.39 is 5.54 Å². The first kappa shape index (κ1) is 12.4. The highest BCUT2D eigenvalue weighted by Crippen LogP contribution is 2.30. The average molecular weight is 228 g/mol.